The molecule has 0 spiro atoms. The van der Waals surface area contributed by atoms with Crippen LogP contribution in [0.3, 0.4) is 0 Å². The number of unbranched alkanes of at least 4 members (excludes halogenated alkanes) is 1. The van der Waals surface area contributed by atoms with E-state index in [2.05, 4.69) is 42.3 Å². The van der Waals surface area contributed by atoms with Gasteiger partial charge in [-0.1, -0.05) is 49.8 Å². The summed E-state index contributed by atoms with van der Waals surface area (Å²) in [6.45, 7) is 2.92. The van der Waals surface area contributed by atoms with Crippen molar-refractivity contribution in [1.82, 2.24) is 0 Å². The number of hydrogen-bond donors (Lipinski definition) is 0. The predicted octanol–water partition coefficient (Wildman–Crippen LogP) is 4.20. The van der Waals surface area contributed by atoms with Gasteiger partial charge in [0.15, 0.2) is 5.90 Å². The van der Waals surface area contributed by atoms with Gasteiger partial charge in [0.25, 0.3) is 0 Å². The lowest BCUT2D eigenvalue weighted by atomic mass is 10.1. The lowest BCUT2D eigenvalue weighted by Gasteiger charge is -2.05. The molecule has 0 atom stereocenters. The van der Waals surface area contributed by atoms with E-state index in [0.717, 1.165) is 31.8 Å². The highest BCUT2D eigenvalue weighted by Crippen LogP contribution is 2.18. The predicted molar refractivity (Wildman–Crippen MR) is 76.5 cm³/mol. The van der Waals surface area contributed by atoms with Crippen molar-refractivity contribution >= 4 is 11.5 Å². The third-order valence-corrected chi connectivity index (χ3v) is 2.84. The summed E-state index contributed by atoms with van der Waals surface area (Å²) in [4.78, 5) is 4.33. The van der Waals surface area contributed by atoms with Crippen molar-refractivity contribution in [1.29, 1.82) is 0 Å². The van der Waals surface area contributed by atoms with Gasteiger partial charge in [-0.2, -0.15) is 0 Å². The van der Waals surface area contributed by atoms with Crippen LogP contribution < -0.4 is 0 Å². The van der Waals surface area contributed by atoms with E-state index in [9.17, 15) is 0 Å². The average Bonchev–Trinajstić information content (AvgIpc) is 2.66. The molecule has 2 heteroatoms. The molecule has 1 aliphatic heterocycles. The van der Waals surface area contributed by atoms with Crippen molar-refractivity contribution in [2.45, 2.75) is 26.2 Å². The molecule has 2 nitrogen and oxygen atoms in total. The second-order valence-electron chi connectivity index (χ2n) is 4.27. The summed E-state index contributed by atoms with van der Waals surface area (Å²) < 4.78 is 5.64. The first-order valence-corrected chi connectivity index (χ1v) is 6.51. The van der Waals surface area contributed by atoms with Gasteiger partial charge < -0.3 is 4.74 Å². The van der Waals surface area contributed by atoms with Crippen LogP contribution in [0.5, 0.6) is 0 Å². The van der Waals surface area contributed by atoms with Crippen molar-refractivity contribution in [3.05, 3.63) is 54.2 Å². The van der Waals surface area contributed by atoms with Crippen LogP contribution in [0.4, 0.5) is 0 Å². The molecule has 0 aromatic heterocycles. The summed E-state index contributed by atoms with van der Waals surface area (Å²) >= 11 is 0. The first-order chi connectivity index (χ1) is 8.90. The standard InChI is InChI=1S/C16H19NO/c1-2-3-13-18-16-10-9-15(11-12-17-16)14-7-5-4-6-8-14/h4-9,11-12H,2-3,10,13H2,1H3. The van der Waals surface area contributed by atoms with E-state index >= 15 is 0 Å². The number of rotatable bonds is 4. The Labute approximate surface area is 109 Å². The first-order valence-electron chi connectivity index (χ1n) is 6.51. The Bertz CT molecular complexity index is 457. The molecule has 0 unspecified atom stereocenters. The summed E-state index contributed by atoms with van der Waals surface area (Å²) in [5.74, 6) is 0.811. The van der Waals surface area contributed by atoms with Crippen molar-refractivity contribution in [2.24, 2.45) is 4.99 Å². The van der Waals surface area contributed by atoms with Gasteiger partial charge in [0, 0.05) is 12.6 Å². The minimum Gasteiger partial charge on any atom is -0.481 e. The Kier molecular flexibility index (Phi) is 4.77. The number of benzene rings is 1. The minimum atomic E-state index is 0.762. The molecule has 0 fully saturated rings. The van der Waals surface area contributed by atoms with Crippen LogP contribution in [0.25, 0.3) is 5.57 Å². The molecule has 0 radical (unpaired) electrons. The fourth-order valence-corrected chi connectivity index (χ4v) is 1.79. The van der Waals surface area contributed by atoms with Crippen LogP contribution in [0.15, 0.2) is 53.7 Å². The molecule has 0 aliphatic carbocycles. The largest absolute Gasteiger partial charge is 0.481 e. The third kappa shape index (κ3) is 3.59. The zero-order valence-corrected chi connectivity index (χ0v) is 10.8. The van der Waals surface area contributed by atoms with E-state index in [4.69, 9.17) is 4.74 Å². The molecular formula is C16H19NO. The minimum absolute atomic E-state index is 0.762. The summed E-state index contributed by atoms with van der Waals surface area (Å²) in [6.07, 6.45) is 9.02. The van der Waals surface area contributed by atoms with Crippen LogP contribution in [0, 0.1) is 0 Å². The second kappa shape index (κ2) is 6.80. The highest BCUT2D eigenvalue weighted by molar-refractivity contribution is 5.84. The fourth-order valence-electron chi connectivity index (χ4n) is 1.79. The Morgan fingerprint density at radius 3 is 2.83 bits per heavy atom. The van der Waals surface area contributed by atoms with Crippen LogP contribution in [-0.4, -0.2) is 12.5 Å². The molecule has 2 rings (SSSR count). The van der Waals surface area contributed by atoms with E-state index in [1.54, 1.807) is 0 Å². The lowest BCUT2D eigenvalue weighted by Crippen LogP contribution is -2.04. The molecule has 0 amide bonds. The second-order valence-corrected chi connectivity index (χ2v) is 4.27. The maximum absolute atomic E-state index is 5.64. The van der Waals surface area contributed by atoms with Crippen LogP contribution in [0.1, 0.15) is 31.7 Å². The Morgan fingerprint density at radius 2 is 2.06 bits per heavy atom. The van der Waals surface area contributed by atoms with Gasteiger partial charge in [-0.25, -0.2) is 4.99 Å². The van der Waals surface area contributed by atoms with E-state index in [0.29, 0.717) is 0 Å². The van der Waals surface area contributed by atoms with Crippen molar-refractivity contribution in [3.63, 3.8) is 0 Å². The Balaban J connectivity index is 1.99. The van der Waals surface area contributed by atoms with Gasteiger partial charge in [-0.05, 0) is 23.6 Å². The van der Waals surface area contributed by atoms with Gasteiger partial charge in [0.05, 0.1) is 6.61 Å². The highest BCUT2D eigenvalue weighted by atomic mass is 16.5. The molecule has 94 valence electrons. The summed E-state index contributed by atoms with van der Waals surface area (Å²) in [5, 5.41) is 0. The Morgan fingerprint density at radius 1 is 1.22 bits per heavy atom. The molecule has 0 bridgehead atoms. The molecule has 1 aromatic carbocycles. The number of ether oxygens (including phenoxy) is 1. The lowest BCUT2D eigenvalue weighted by molar-refractivity contribution is 0.291. The van der Waals surface area contributed by atoms with Gasteiger partial charge >= 0.3 is 0 Å². The highest BCUT2D eigenvalue weighted by Gasteiger charge is 2.04. The van der Waals surface area contributed by atoms with Crippen molar-refractivity contribution < 1.29 is 4.74 Å². The fraction of sp³-hybridized carbons (Fsp3) is 0.312. The van der Waals surface area contributed by atoms with Crippen molar-refractivity contribution in [3.8, 4) is 0 Å². The van der Waals surface area contributed by atoms with Crippen LogP contribution >= 0.6 is 0 Å². The topological polar surface area (TPSA) is 21.6 Å². The molecule has 0 N–H and O–H groups in total. The zero-order chi connectivity index (χ0) is 12.6. The first kappa shape index (κ1) is 12.6. The Hall–Kier alpha value is -1.83. The molecule has 18 heavy (non-hydrogen) atoms. The maximum atomic E-state index is 5.64. The average molecular weight is 241 g/mol. The van der Waals surface area contributed by atoms with E-state index in [1.807, 2.05) is 18.3 Å². The SMILES string of the molecule is CCCCOC1=NC=CC(c2ccccc2)=CC1. The normalized spacial score (nSPS) is 14.7. The molecule has 1 heterocycles. The van der Waals surface area contributed by atoms with Gasteiger partial charge in [-0.3, -0.25) is 0 Å². The smallest absolute Gasteiger partial charge is 0.191 e. The molecule has 1 aliphatic rings. The van der Waals surface area contributed by atoms with Gasteiger partial charge in [-0.15, -0.1) is 0 Å². The van der Waals surface area contributed by atoms with Crippen molar-refractivity contribution in [2.75, 3.05) is 6.61 Å². The molecule has 0 saturated carbocycles. The van der Waals surface area contributed by atoms with Crippen LogP contribution in [-0.2, 0) is 4.74 Å². The number of hydrogen-bond acceptors (Lipinski definition) is 2. The molecule has 0 saturated heterocycles. The quantitative estimate of drug-likeness (QED) is 0.724. The number of allylic oxidation sites excluding steroid dienone is 2. The maximum Gasteiger partial charge on any atom is 0.191 e. The van der Waals surface area contributed by atoms with Gasteiger partial charge in [0.1, 0.15) is 0 Å². The molecular weight excluding hydrogens is 222 g/mol. The monoisotopic (exact) mass is 241 g/mol. The van der Waals surface area contributed by atoms with Gasteiger partial charge in [0.2, 0.25) is 0 Å². The number of aliphatic imine (C=N–C) groups is 1. The molecule has 1 aromatic rings. The summed E-state index contributed by atoms with van der Waals surface area (Å²) in [5.41, 5.74) is 2.42. The third-order valence-electron chi connectivity index (χ3n) is 2.84. The zero-order valence-electron chi connectivity index (χ0n) is 10.8. The summed E-state index contributed by atoms with van der Waals surface area (Å²) in [6, 6.07) is 10.3. The van der Waals surface area contributed by atoms with E-state index in [1.165, 1.54) is 11.1 Å². The number of nitrogens with zero attached hydrogens (tertiary/aromatic N) is 1. The van der Waals surface area contributed by atoms with Crippen LogP contribution in [0.2, 0.25) is 0 Å². The summed E-state index contributed by atoms with van der Waals surface area (Å²) in [7, 11) is 0. The van der Waals surface area contributed by atoms with E-state index in [-0.39, 0.29) is 0 Å². The van der Waals surface area contributed by atoms with E-state index < -0.39 is 0 Å².